The van der Waals surface area contributed by atoms with Gasteiger partial charge in [0.1, 0.15) is 12.4 Å². The lowest BCUT2D eigenvalue weighted by Gasteiger charge is -2.15. The minimum Gasteiger partial charge on any atom is -0.337 e. The van der Waals surface area contributed by atoms with Crippen LogP contribution in [0.15, 0.2) is 47.2 Å². The van der Waals surface area contributed by atoms with Crippen LogP contribution in [0, 0.1) is 0 Å². The van der Waals surface area contributed by atoms with Gasteiger partial charge in [0.05, 0.1) is 6.54 Å². The number of rotatable bonds is 6. The number of carbonyl (C=O) groups excluding carboxylic acids is 1. The highest BCUT2D eigenvalue weighted by Gasteiger charge is 2.16. The van der Waals surface area contributed by atoms with Crippen molar-refractivity contribution in [3.05, 3.63) is 54.4 Å². The van der Waals surface area contributed by atoms with Crippen LogP contribution in [0.25, 0.3) is 11.4 Å². The summed E-state index contributed by atoms with van der Waals surface area (Å²) < 4.78 is 7.10. The van der Waals surface area contributed by atoms with Crippen LogP contribution in [0.5, 0.6) is 0 Å². The van der Waals surface area contributed by atoms with Crippen molar-refractivity contribution >= 4 is 5.91 Å². The van der Waals surface area contributed by atoms with Gasteiger partial charge in [-0.05, 0) is 0 Å². The summed E-state index contributed by atoms with van der Waals surface area (Å²) in [6.45, 7) is 2.53. The van der Waals surface area contributed by atoms with Crippen LogP contribution in [-0.2, 0) is 24.3 Å². The van der Waals surface area contributed by atoms with Crippen LogP contribution < -0.4 is 0 Å². The standard InChI is InChI=1S/C17H19N5O2/c1-3-14-18-9-10-22(14)12-16(23)21(2)11-15-19-17(20-24-15)13-7-5-4-6-8-13/h4-10H,3,11-12H2,1-2H3. The monoisotopic (exact) mass is 325 g/mol. The van der Waals surface area contributed by atoms with Crippen molar-refractivity contribution in [3.8, 4) is 11.4 Å². The van der Waals surface area contributed by atoms with Gasteiger partial charge >= 0.3 is 0 Å². The van der Waals surface area contributed by atoms with Gasteiger partial charge in [-0.3, -0.25) is 4.79 Å². The lowest BCUT2D eigenvalue weighted by atomic mass is 10.2. The topological polar surface area (TPSA) is 77.1 Å². The molecule has 0 aliphatic heterocycles. The van der Waals surface area contributed by atoms with Crippen molar-refractivity contribution in [2.24, 2.45) is 0 Å². The van der Waals surface area contributed by atoms with Gasteiger partial charge in [-0.1, -0.05) is 42.4 Å². The van der Waals surface area contributed by atoms with E-state index in [9.17, 15) is 4.79 Å². The number of aromatic nitrogens is 4. The third-order valence-corrected chi connectivity index (χ3v) is 3.72. The van der Waals surface area contributed by atoms with Crippen LogP contribution in [0.2, 0.25) is 0 Å². The molecule has 7 nitrogen and oxygen atoms in total. The summed E-state index contributed by atoms with van der Waals surface area (Å²) in [5.41, 5.74) is 0.882. The first-order chi connectivity index (χ1) is 11.7. The molecule has 2 aromatic heterocycles. The molecule has 24 heavy (non-hydrogen) atoms. The molecule has 0 radical (unpaired) electrons. The van der Waals surface area contributed by atoms with Gasteiger partial charge in [0.15, 0.2) is 0 Å². The van der Waals surface area contributed by atoms with Crippen LogP contribution in [0.3, 0.4) is 0 Å². The summed E-state index contributed by atoms with van der Waals surface area (Å²) in [5, 5.41) is 3.96. The van der Waals surface area contributed by atoms with Crippen molar-refractivity contribution in [3.63, 3.8) is 0 Å². The average Bonchev–Trinajstić information content (AvgIpc) is 3.24. The Labute approximate surface area is 139 Å². The molecule has 3 rings (SSSR count). The molecule has 0 atom stereocenters. The van der Waals surface area contributed by atoms with E-state index in [1.165, 1.54) is 0 Å². The highest BCUT2D eigenvalue weighted by atomic mass is 16.5. The fraction of sp³-hybridized carbons (Fsp3) is 0.294. The molecule has 0 spiro atoms. The van der Waals surface area contributed by atoms with Crippen molar-refractivity contribution in [2.45, 2.75) is 26.4 Å². The second-order valence-corrected chi connectivity index (χ2v) is 5.45. The van der Waals surface area contributed by atoms with Crippen molar-refractivity contribution in [1.82, 2.24) is 24.6 Å². The molecule has 0 fully saturated rings. The van der Waals surface area contributed by atoms with Gasteiger partial charge in [-0.15, -0.1) is 0 Å². The molecular weight excluding hydrogens is 306 g/mol. The van der Waals surface area contributed by atoms with E-state index in [1.807, 2.05) is 48.0 Å². The summed E-state index contributed by atoms with van der Waals surface area (Å²) >= 11 is 0. The third-order valence-electron chi connectivity index (χ3n) is 3.72. The number of hydrogen-bond acceptors (Lipinski definition) is 5. The second-order valence-electron chi connectivity index (χ2n) is 5.45. The number of amides is 1. The molecule has 0 N–H and O–H groups in total. The highest BCUT2D eigenvalue weighted by Crippen LogP contribution is 2.15. The van der Waals surface area contributed by atoms with Gasteiger partial charge in [-0.2, -0.15) is 4.98 Å². The molecule has 0 aliphatic rings. The van der Waals surface area contributed by atoms with Gasteiger partial charge < -0.3 is 14.0 Å². The summed E-state index contributed by atoms with van der Waals surface area (Å²) in [4.78, 5) is 22.5. The van der Waals surface area contributed by atoms with Gasteiger partial charge in [0.2, 0.25) is 17.6 Å². The number of nitrogens with zero attached hydrogens (tertiary/aromatic N) is 5. The smallest absolute Gasteiger partial charge is 0.246 e. The lowest BCUT2D eigenvalue weighted by molar-refractivity contribution is -0.131. The van der Waals surface area contributed by atoms with E-state index in [4.69, 9.17) is 4.52 Å². The fourth-order valence-electron chi connectivity index (χ4n) is 2.38. The van der Waals surface area contributed by atoms with E-state index in [1.54, 1.807) is 18.1 Å². The molecule has 1 aromatic carbocycles. The van der Waals surface area contributed by atoms with Crippen LogP contribution in [-0.4, -0.2) is 37.5 Å². The molecule has 0 saturated heterocycles. The van der Waals surface area contributed by atoms with E-state index < -0.39 is 0 Å². The zero-order valence-corrected chi connectivity index (χ0v) is 13.7. The van der Waals surface area contributed by atoms with E-state index in [0.29, 0.717) is 11.7 Å². The molecule has 0 unspecified atom stereocenters. The largest absolute Gasteiger partial charge is 0.337 e. The molecule has 124 valence electrons. The predicted molar refractivity (Wildman–Crippen MR) is 87.8 cm³/mol. The van der Waals surface area contributed by atoms with Crippen LogP contribution >= 0.6 is 0 Å². The Morgan fingerprint density at radius 3 is 2.83 bits per heavy atom. The van der Waals surface area contributed by atoms with Gasteiger partial charge in [0.25, 0.3) is 0 Å². The molecule has 0 bridgehead atoms. The average molecular weight is 325 g/mol. The Balaban J connectivity index is 1.63. The van der Waals surface area contributed by atoms with E-state index in [2.05, 4.69) is 15.1 Å². The maximum absolute atomic E-state index is 12.3. The Bertz CT molecular complexity index is 809. The lowest BCUT2D eigenvalue weighted by Crippen LogP contribution is -2.30. The zero-order chi connectivity index (χ0) is 16.9. The predicted octanol–water partition coefficient (Wildman–Crippen LogP) is 2.15. The normalized spacial score (nSPS) is 10.8. The summed E-state index contributed by atoms with van der Waals surface area (Å²) in [5.74, 6) is 1.78. The number of likely N-dealkylation sites (N-methyl/N-ethyl adjacent to an activating group) is 1. The SMILES string of the molecule is CCc1nccn1CC(=O)N(C)Cc1nc(-c2ccccc2)no1. The second kappa shape index (κ2) is 7.08. The zero-order valence-electron chi connectivity index (χ0n) is 13.7. The Morgan fingerprint density at radius 2 is 2.08 bits per heavy atom. The minimum atomic E-state index is -0.0397. The maximum Gasteiger partial charge on any atom is 0.246 e. The molecule has 0 aliphatic carbocycles. The first-order valence-electron chi connectivity index (χ1n) is 7.79. The van der Waals surface area contributed by atoms with E-state index in [0.717, 1.165) is 17.8 Å². The number of benzene rings is 1. The fourth-order valence-corrected chi connectivity index (χ4v) is 2.38. The van der Waals surface area contributed by atoms with E-state index in [-0.39, 0.29) is 19.0 Å². The van der Waals surface area contributed by atoms with Crippen molar-refractivity contribution in [2.75, 3.05) is 7.05 Å². The number of aryl methyl sites for hydroxylation is 1. The minimum absolute atomic E-state index is 0.0397. The summed E-state index contributed by atoms with van der Waals surface area (Å²) in [6, 6.07) is 9.58. The molecule has 1 amide bonds. The molecular formula is C17H19N5O2. The maximum atomic E-state index is 12.3. The number of imidazole rings is 1. The van der Waals surface area contributed by atoms with Crippen LogP contribution in [0.4, 0.5) is 0 Å². The van der Waals surface area contributed by atoms with E-state index >= 15 is 0 Å². The quantitative estimate of drug-likeness (QED) is 0.694. The Hall–Kier alpha value is -2.96. The Kier molecular flexibility index (Phi) is 4.69. The first-order valence-corrected chi connectivity index (χ1v) is 7.79. The van der Waals surface area contributed by atoms with Crippen molar-refractivity contribution in [1.29, 1.82) is 0 Å². The summed E-state index contributed by atoms with van der Waals surface area (Å²) in [6.07, 6.45) is 4.30. The van der Waals surface area contributed by atoms with Crippen molar-refractivity contribution < 1.29 is 9.32 Å². The third kappa shape index (κ3) is 3.51. The molecule has 7 heteroatoms. The summed E-state index contributed by atoms with van der Waals surface area (Å²) in [7, 11) is 1.72. The first kappa shape index (κ1) is 15.9. The highest BCUT2D eigenvalue weighted by molar-refractivity contribution is 5.75. The Morgan fingerprint density at radius 1 is 1.29 bits per heavy atom. The van der Waals surface area contributed by atoms with Gasteiger partial charge in [-0.25, -0.2) is 4.98 Å². The molecule has 3 aromatic rings. The molecule has 0 saturated carbocycles. The number of hydrogen-bond donors (Lipinski definition) is 0. The number of carbonyl (C=O) groups is 1. The van der Waals surface area contributed by atoms with Crippen LogP contribution in [0.1, 0.15) is 18.6 Å². The van der Waals surface area contributed by atoms with Gasteiger partial charge in [0, 0.05) is 31.4 Å². The molecule has 2 heterocycles.